The van der Waals surface area contributed by atoms with Crippen LogP contribution in [0.3, 0.4) is 0 Å². The van der Waals surface area contributed by atoms with Gasteiger partial charge in [0.15, 0.2) is 0 Å². The van der Waals surface area contributed by atoms with Gasteiger partial charge in [0.05, 0.1) is 15.7 Å². The van der Waals surface area contributed by atoms with E-state index in [0.717, 1.165) is 6.54 Å². The predicted octanol–water partition coefficient (Wildman–Crippen LogP) is 4.10. The Hall–Kier alpha value is -1.85. The van der Waals surface area contributed by atoms with Crippen LogP contribution in [0.2, 0.25) is 10.0 Å². The molecule has 0 unspecified atom stereocenters. The number of amides is 1. The van der Waals surface area contributed by atoms with Gasteiger partial charge in [0, 0.05) is 12.6 Å². The summed E-state index contributed by atoms with van der Waals surface area (Å²) in [6, 6.07) is 6.62. The highest BCUT2D eigenvalue weighted by Crippen LogP contribution is 2.29. The molecule has 0 bridgehead atoms. The molecule has 0 spiro atoms. The highest BCUT2D eigenvalue weighted by atomic mass is 35.5. The average Bonchev–Trinajstić information content (AvgIpc) is 2.50. The van der Waals surface area contributed by atoms with Gasteiger partial charge in [0.25, 0.3) is 5.91 Å². The summed E-state index contributed by atoms with van der Waals surface area (Å²) in [7, 11) is 0. The number of nitrogens with zero attached hydrogens (tertiary/aromatic N) is 2. The van der Waals surface area contributed by atoms with E-state index in [4.69, 9.17) is 23.2 Å². The molecule has 5 nitrogen and oxygen atoms in total. The Kier molecular flexibility index (Phi) is 5.57. The van der Waals surface area contributed by atoms with Crippen LogP contribution in [0.5, 0.6) is 0 Å². The van der Waals surface area contributed by atoms with Crippen LogP contribution in [-0.4, -0.2) is 22.4 Å². The standard InChI is InChI=1S/C15H16Cl2N4O/c1-9(2)7-18-13-6-12(19-8-20-13)15(22)21-11-5-3-4-10(16)14(11)17/h3-6,8-9H,7H2,1-2H3,(H,21,22)(H,18,19,20). The van der Waals surface area contributed by atoms with Crippen molar-refractivity contribution in [1.82, 2.24) is 9.97 Å². The maximum absolute atomic E-state index is 12.2. The van der Waals surface area contributed by atoms with Crippen molar-refractivity contribution in [3.05, 3.63) is 46.3 Å². The molecule has 0 fully saturated rings. The highest BCUT2D eigenvalue weighted by molar-refractivity contribution is 6.44. The zero-order chi connectivity index (χ0) is 16.1. The molecule has 1 aromatic carbocycles. The maximum Gasteiger partial charge on any atom is 0.274 e. The second kappa shape index (κ2) is 7.42. The summed E-state index contributed by atoms with van der Waals surface area (Å²) in [6.07, 6.45) is 1.34. The van der Waals surface area contributed by atoms with Crippen LogP contribution in [0.4, 0.5) is 11.5 Å². The summed E-state index contributed by atoms with van der Waals surface area (Å²) in [5.74, 6) is 0.697. The number of hydrogen-bond acceptors (Lipinski definition) is 4. The molecule has 1 aromatic heterocycles. The van der Waals surface area contributed by atoms with E-state index in [-0.39, 0.29) is 11.6 Å². The third kappa shape index (κ3) is 4.32. The van der Waals surface area contributed by atoms with E-state index in [0.29, 0.717) is 27.5 Å². The number of benzene rings is 1. The SMILES string of the molecule is CC(C)CNc1cc(C(=O)Nc2cccc(Cl)c2Cl)ncn1. The summed E-state index contributed by atoms with van der Waals surface area (Å²) >= 11 is 12.0. The Bertz CT molecular complexity index is 676. The van der Waals surface area contributed by atoms with Crippen LogP contribution in [0.25, 0.3) is 0 Å². The van der Waals surface area contributed by atoms with Crippen LogP contribution in [-0.2, 0) is 0 Å². The van der Waals surface area contributed by atoms with Crippen LogP contribution >= 0.6 is 23.2 Å². The van der Waals surface area contributed by atoms with Gasteiger partial charge in [-0.2, -0.15) is 0 Å². The molecule has 2 aromatic rings. The van der Waals surface area contributed by atoms with Crippen molar-refractivity contribution in [1.29, 1.82) is 0 Å². The first-order valence-electron chi connectivity index (χ1n) is 6.78. The zero-order valence-electron chi connectivity index (χ0n) is 12.2. The molecule has 1 heterocycles. The molecule has 0 aliphatic carbocycles. The van der Waals surface area contributed by atoms with E-state index in [1.54, 1.807) is 24.3 Å². The predicted molar refractivity (Wildman–Crippen MR) is 89.8 cm³/mol. The number of hydrogen-bond donors (Lipinski definition) is 2. The lowest BCUT2D eigenvalue weighted by molar-refractivity contribution is 0.102. The summed E-state index contributed by atoms with van der Waals surface area (Å²) in [4.78, 5) is 20.3. The number of aromatic nitrogens is 2. The molecule has 1 amide bonds. The van der Waals surface area contributed by atoms with Crippen molar-refractivity contribution in [2.45, 2.75) is 13.8 Å². The number of carbonyl (C=O) groups excluding carboxylic acids is 1. The van der Waals surface area contributed by atoms with Gasteiger partial charge in [-0.25, -0.2) is 9.97 Å². The highest BCUT2D eigenvalue weighted by Gasteiger charge is 2.12. The minimum atomic E-state index is -0.376. The normalized spacial score (nSPS) is 10.6. The first-order valence-corrected chi connectivity index (χ1v) is 7.54. The number of carbonyl (C=O) groups is 1. The maximum atomic E-state index is 12.2. The number of nitrogens with one attached hydrogen (secondary N) is 2. The van der Waals surface area contributed by atoms with Gasteiger partial charge >= 0.3 is 0 Å². The fourth-order valence-corrected chi connectivity index (χ4v) is 2.02. The van der Waals surface area contributed by atoms with Crippen LogP contribution < -0.4 is 10.6 Å². The molecule has 0 radical (unpaired) electrons. The molecular formula is C15H16Cl2N4O. The Balaban J connectivity index is 2.12. The first kappa shape index (κ1) is 16.5. The van der Waals surface area contributed by atoms with Crippen LogP contribution in [0.15, 0.2) is 30.6 Å². The van der Waals surface area contributed by atoms with Crippen molar-refractivity contribution in [3.63, 3.8) is 0 Å². The molecule has 0 aliphatic rings. The van der Waals surface area contributed by atoms with Gasteiger partial charge in [-0.3, -0.25) is 4.79 Å². The first-order chi connectivity index (χ1) is 10.5. The lowest BCUT2D eigenvalue weighted by Gasteiger charge is -2.10. The van der Waals surface area contributed by atoms with E-state index in [1.807, 2.05) is 0 Å². The van der Waals surface area contributed by atoms with E-state index >= 15 is 0 Å². The number of rotatable bonds is 5. The average molecular weight is 339 g/mol. The van der Waals surface area contributed by atoms with Crippen molar-refractivity contribution < 1.29 is 4.79 Å². The molecular weight excluding hydrogens is 323 g/mol. The second-order valence-electron chi connectivity index (χ2n) is 5.12. The molecule has 0 atom stereocenters. The van der Waals surface area contributed by atoms with E-state index in [2.05, 4.69) is 34.4 Å². The second-order valence-corrected chi connectivity index (χ2v) is 5.90. The minimum Gasteiger partial charge on any atom is -0.370 e. The summed E-state index contributed by atoms with van der Waals surface area (Å²) in [5, 5.41) is 6.50. The van der Waals surface area contributed by atoms with Crippen LogP contribution in [0, 0.1) is 5.92 Å². The van der Waals surface area contributed by atoms with E-state index < -0.39 is 0 Å². The zero-order valence-corrected chi connectivity index (χ0v) is 13.7. The van der Waals surface area contributed by atoms with Gasteiger partial charge in [-0.05, 0) is 18.1 Å². The number of halogens is 2. The van der Waals surface area contributed by atoms with Crippen molar-refractivity contribution in [2.24, 2.45) is 5.92 Å². The third-order valence-corrected chi connectivity index (χ3v) is 3.61. The monoisotopic (exact) mass is 338 g/mol. The summed E-state index contributed by atoms with van der Waals surface area (Å²) in [5.41, 5.74) is 0.687. The Labute approximate surface area is 139 Å². The Morgan fingerprint density at radius 3 is 2.77 bits per heavy atom. The van der Waals surface area contributed by atoms with Gasteiger partial charge in [-0.1, -0.05) is 43.1 Å². The fourth-order valence-electron chi connectivity index (χ4n) is 1.67. The van der Waals surface area contributed by atoms with E-state index in [1.165, 1.54) is 6.33 Å². The lowest BCUT2D eigenvalue weighted by atomic mass is 10.2. The van der Waals surface area contributed by atoms with Crippen molar-refractivity contribution in [2.75, 3.05) is 17.2 Å². The molecule has 2 rings (SSSR count). The van der Waals surface area contributed by atoms with Crippen molar-refractivity contribution >= 4 is 40.6 Å². The quantitative estimate of drug-likeness (QED) is 0.860. The molecule has 0 saturated heterocycles. The molecule has 7 heteroatoms. The summed E-state index contributed by atoms with van der Waals surface area (Å²) < 4.78 is 0. The molecule has 22 heavy (non-hydrogen) atoms. The minimum absolute atomic E-state index is 0.247. The Morgan fingerprint density at radius 2 is 2.05 bits per heavy atom. The number of anilines is 2. The topological polar surface area (TPSA) is 66.9 Å². The van der Waals surface area contributed by atoms with Gasteiger partial charge in [0.1, 0.15) is 17.8 Å². The fraction of sp³-hybridized carbons (Fsp3) is 0.267. The van der Waals surface area contributed by atoms with Gasteiger partial charge in [0.2, 0.25) is 0 Å². The van der Waals surface area contributed by atoms with Gasteiger partial charge in [-0.15, -0.1) is 0 Å². The largest absolute Gasteiger partial charge is 0.370 e. The third-order valence-electron chi connectivity index (χ3n) is 2.79. The smallest absolute Gasteiger partial charge is 0.274 e. The van der Waals surface area contributed by atoms with Gasteiger partial charge < -0.3 is 10.6 Å². The van der Waals surface area contributed by atoms with E-state index in [9.17, 15) is 4.79 Å². The Morgan fingerprint density at radius 1 is 1.27 bits per heavy atom. The lowest BCUT2D eigenvalue weighted by Crippen LogP contribution is -2.16. The molecule has 0 saturated carbocycles. The summed E-state index contributed by atoms with van der Waals surface area (Å²) in [6.45, 7) is 4.93. The molecule has 116 valence electrons. The molecule has 2 N–H and O–H groups in total. The van der Waals surface area contributed by atoms with Crippen LogP contribution in [0.1, 0.15) is 24.3 Å². The van der Waals surface area contributed by atoms with Crippen molar-refractivity contribution in [3.8, 4) is 0 Å². The molecule has 0 aliphatic heterocycles.